The van der Waals surface area contributed by atoms with Gasteiger partial charge in [0, 0.05) is 18.0 Å². The van der Waals surface area contributed by atoms with Crippen LogP contribution in [0.15, 0.2) is 22.4 Å². The number of aryl methyl sites for hydroxylation is 1. The molecule has 2 heterocycles. The topological polar surface area (TPSA) is 90.0 Å². The molecule has 110 valence electrons. The Morgan fingerprint density at radius 3 is 2.75 bits per heavy atom. The molecule has 0 radical (unpaired) electrons. The van der Waals surface area contributed by atoms with Crippen molar-refractivity contribution in [1.29, 1.82) is 0 Å². The fourth-order valence-corrected chi connectivity index (χ4v) is 4.45. The first kappa shape index (κ1) is 15.0. The Labute approximate surface area is 122 Å². The second-order valence-electron chi connectivity index (χ2n) is 4.73. The maximum Gasteiger partial charge on any atom is 0.246 e. The van der Waals surface area contributed by atoms with Crippen LogP contribution in [0, 0.1) is 6.92 Å². The zero-order valence-electron chi connectivity index (χ0n) is 11.6. The predicted octanol–water partition coefficient (Wildman–Crippen LogP) is 1.28. The molecule has 20 heavy (non-hydrogen) atoms. The van der Waals surface area contributed by atoms with E-state index in [-0.39, 0.29) is 16.8 Å². The molecule has 1 unspecified atom stereocenters. The van der Waals surface area contributed by atoms with Gasteiger partial charge in [-0.15, -0.1) is 11.3 Å². The molecule has 6 nitrogen and oxygen atoms in total. The van der Waals surface area contributed by atoms with Gasteiger partial charge in [-0.25, -0.2) is 13.1 Å². The average Bonchev–Trinajstić information content (AvgIpc) is 2.87. The standard InChI is InChI=1S/C12H18N4O2S2/c1-8(7-10-5-4-6-19-10)15-20(17,18)11-9(2)16(3)14-12(11)13/h4-6,8,15H,7H2,1-3H3,(H2,13,14). The van der Waals surface area contributed by atoms with E-state index in [9.17, 15) is 8.42 Å². The number of hydrogen-bond donors (Lipinski definition) is 2. The number of hydrogen-bond acceptors (Lipinski definition) is 5. The quantitative estimate of drug-likeness (QED) is 0.870. The minimum atomic E-state index is -3.66. The lowest BCUT2D eigenvalue weighted by Crippen LogP contribution is -2.34. The van der Waals surface area contributed by atoms with Crippen molar-refractivity contribution in [2.45, 2.75) is 31.2 Å². The zero-order valence-corrected chi connectivity index (χ0v) is 13.3. The van der Waals surface area contributed by atoms with Crippen LogP contribution in [0.2, 0.25) is 0 Å². The second kappa shape index (κ2) is 5.55. The van der Waals surface area contributed by atoms with E-state index in [4.69, 9.17) is 5.73 Å². The van der Waals surface area contributed by atoms with Gasteiger partial charge in [-0.2, -0.15) is 5.10 Å². The van der Waals surface area contributed by atoms with Crippen molar-refractivity contribution < 1.29 is 8.42 Å². The number of nitrogens with zero attached hydrogens (tertiary/aromatic N) is 2. The van der Waals surface area contributed by atoms with Gasteiger partial charge in [0.2, 0.25) is 10.0 Å². The third-order valence-corrected chi connectivity index (χ3v) is 5.67. The molecule has 0 amide bonds. The number of nitrogens with one attached hydrogen (secondary N) is 1. The smallest absolute Gasteiger partial charge is 0.246 e. The number of thiophene rings is 1. The summed E-state index contributed by atoms with van der Waals surface area (Å²) >= 11 is 1.61. The van der Waals surface area contributed by atoms with Crippen LogP contribution >= 0.6 is 11.3 Å². The Bertz CT molecular complexity index is 689. The Kier molecular flexibility index (Phi) is 4.17. The number of nitrogens with two attached hydrogens (primary N) is 1. The Morgan fingerprint density at radius 2 is 2.25 bits per heavy atom. The van der Waals surface area contributed by atoms with Gasteiger partial charge in [0.1, 0.15) is 4.90 Å². The summed E-state index contributed by atoms with van der Waals surface area (Å²) in [7, 11) is -1.99. The number of anilines is 1. The number of nitrogen functional groups attached to an aromatic ring is 1. The normalized spacial score (nSPS) is 13.6. The molecule has 0 aromatic carbocycles. The molecular formula is C12H18N4O2S2. The highest BCUT2D eigenvalue weighted by molar-refractivity contribution is 7.89. The number of aromatic nitrogens is 2. The van der Waals surface area contributed by atoms with E-state index in [0.29, 0.717) is 12.1 Å². The summed E-state index contributed by atoms with van der Waals surface area (Å²) in [5.74, 6) is 0.0285. The molecule has 0 aliphatic rings. The first-order chi connectivity index (χ1) is 9.31. The van der Waals surface area contributed by atoms with Gasteiger partial charge >= 0.3 is 0 Å². The van der Waals surface area contributed by atoms with Gasteiger partial charge in [0.15, 0.2) is 5.82 Å². The fraction of sp³-hybridized carbons (Fsp3) is 0.417. The molecule has 0 bridgehead atoms. The molecule has 0 aliphatic heterocycles. The highest BCUT2D eigenvalue weighted by Gasteiger charge is 2.26. The molecule has 2 aromatic heterocycles. The minimum absolute atomic E-state index is 0.0285. The largest absolute Gasteiger partial charge is 0.381 e. The lowest BCUT2D eigenvalue weighted by Gasteiger charge is -2.13. The summed E-state index contributed by atoms with van der Waals surface area (Å²) < 4.78 is 28.9. The summed E-state index contributed by atoms with van der Waals surface area (Å²) in [5, 5.41) is 5.91. The molecule has 2 rings (SSSR count). The van der Waals surface area contributed by atoms with Crippen LogP contribution in [0.25, 0.3) is 0 Å². The van der Waals surface area contributed by atoms with Crippen LogP contribution in [0.4, 0.5) is 5.82 Å². The zero-order chi connectivity index (χ0) is 14.9. The van der Waals surface area contributed by atoms with Gasteiger partial charge in [0.05, 0.1) is 5.69 Å². The van der Waals surface area contributed by atoms with E-state index in [1.807, 2.05) is 24.4 Å². The molecular weight excluding hydrogens is 296 g/mol. The molecule has 0 saturated heterocycles. The lowest BCUT2D eigenvalue weighted by atomic mass is 10.2. The summed E-state index contributed by atoms with van der Waals surface area (Å²) in [6, 6.07) is 3.72. The van der Waals surface area contributed by atoms with Crippen LogP contribution in [0.1, 0.15) is 17.5 Å². The van der Waals surface area contributed by atoms with E-state index in [0.717, 1.165) is 4.88 Å². The molecule has 0 fully saturated rings. The predicted molar refractivity (Wildman–Crippen MR) is 80.2 cm³/mol. The van der Waals surface area contributed by atoms with Gasteiger partial charge in [-0.3, -0.25) is 4.68 Å². The fourth-order valence-electron chi connectivity index (χ4n) is 2.04. The SMILES string of the molecule is Cc1c(S(=O)(=O)NC(C)Cc2cccs2)c(N)nn1C. The monoisotopic (exact) mass is 314 g/mol. The third-order valence-electron chi connectivity index (χ3n) is 3.02. The first-order valence-electron chi connectivity index (χ1n) is 6.15. The molecule has 2 aromatic rings. The third kappa shape index (κ3) is 3.02. The van der Waals surface area contributed by atoms with Crippen molar-refractivity contribution >= 4 is 27.2 Å². The average molecular weight is 314 g/mol. The number of rotatable bonds is 5. The van der Waals surface area contributed by atoms with Crippen molar-refractivity contribution in [2.75, 3.05) is 5.73 Å². The van der Waals surface area contributed by atoms with Crippen LogP contribution < -0.4 is 10.5 Å². The van der Waals surface area contributed by atoms with Gasteiger partial charge in [0.25, 0.3) is 0 Å². The molecule has 1 atom stereocenters. The highest BCUT2D eigenvalue weighted by atomic mass is 32.2. The first-order valence-corrected chi connectivity index (χ1v) is 8.51. The lowest BCUT2D eigenvalue weighted by molar-refractivity contribution is 0.560. The maximum absolute atomic E-state index is 12.4. The summed E-state index contributed by atoms with van der Waals surface area (Å²) in [6.07, 6.45) is 0.649. The van der Waals surface area contributed by atoms with E-state index in [1.54, 1.807) is 25.3 Å². The van der Waals surface area contributed by atoms with Crippen molar-refractivity contribution in [3.8, 4) is 0 Å². The molecule has 0 spiro atoms. The van der Waals surface area contributed by atoms with Crippen molar-refractivity contribution in [3.05, 3.63) is 28.1 Å². The molecule has 0 saturated carbocycles. The second-order valence-corrected chi connectivity index (χ2v) is 7.41. The van der Waals surface area contributed by atoms with Crippen molar-refractivity contribution in [2.24, 2.45) is 7.05 Å². The van der Waals surface area contributed by atoms with E-state index in [1.165, 1.54) is 4.68 Å². The highest BCUT2D eigenvalue weighted by Crippen LogP contribution is 2.21. The van der Waals surface area contributed by atoms with Crippen LogP contribution in [0.5, 0.6) is 0 Å². The van der Waals surface area contributed by atoms with Gasteiger partial charge in [-0.05, 0) is 31.7 Å². The Balaban J connectivity index is 2.19. The van der Waals surface area contributed by atoms with Crippen molar-refractivity contribution in [3.63, 3.8) is 0 Å². The Morgan fingerprint density at radius 1 is 1.55 bits per heavy atom. The van der Waals surface area contributed by atoms with Crippen LogP contribution in [-0.4, -0.2) is 24.2 Å². The molecule has 3 N–H and O–H groups in total. The van der Waals surface area contributed by atoms with Crippen LogP contribution in [-0.2, 0) is 23.5 Å². The molecule has 0 aliphatic carbocycles. The number of sulfonamides is 1. The Hall–Kier alpha value is -1.38. The van der Waals surface area contributed by atoms with Crippen LogP contribution in [0.3, 0.4) is 0 Å². The summed E-state index contributed by atoms with van der Waals surface area (Å²) in [4.78, 5) is 1.20. The minimum Gasteiger partial charge on any atom is -0.381 e. The summed E-state index contributed by atoms with van der Waals surface area (Å²) in [5.41, 5.74) is 6.22. The van der Waals surface area contributed by atoms with E-state index < -0.39 is 10.0 Å². The van der Waals surface area contributed by atoms with E-state index >= 15 is 0 Å². The van der Waals surface area contributed by atoms with Gasteiger partial charge < -0.3 is 5.73 Å². The molecule has 8 heteroatoms. The van der Waals surface area contributed by atoms with Gasteiger partial charge in [-0.1, -0.05) is 6.07 Å². The summed E-state index contributed by atoms with van der Waals surface area (Å²) in [6.45, 7) is 3.51. The van der Waals surface area contributed by atoms with E-state index in [2.05, 4.69) is 9.82 Å². The van der Waals surface area contributed by atoms with Crippen molar-refractivity contribution in [1.82, 2.24) is 14.5 Å². The maximum atomic E-state index is 12.4.